The number of benzene rings is 3. The molecule has 1 aliphatic heterocycles. The zero-order valence-electron chi connectivity index (χ0n) is 20.6. The molecule has 1 fully saturated rings. The molecule has 1 aromatic heterocycles. The molecule has 0 bridgehead atoms. The Morgan fingerprint density at radius 1 is 1.05 bits per heavy atom. The Hall–Kier alpha value is -3.82. The lowest BCUT2D eigenvalue weighted by Gasteiger charge is -2.14. The van der Waals surface area contributed by atoms with Crippen LogP contribution in [0.2, 0.25) is 0 Å². The number of nitrogens with one attached hydrogen (secondary N) is 1. The number of nitrogens with zero attached hydrogens (tertiary/aromatic N) is 2. The molecule has 3 aromatic carbocycles. The van der Waals surface area contributed by atoms with Gasteiger partial charge >= 0.3 is 0 Å². The summed E-state index contributed by atoms with van der Waals surface area (Å²) < 4.78 is 20.4. The number of amides is 1. The Morgan fingerprint density at radius 3 is 2.55 bits per heavy atom. The molecule has 1 atom stereocenters. The topological polar surface area (TPSA) is 90.3 Å². The van der Waals surface area contributed by atoms with E-state index in [-0.39, 0.29) is 35.7 Å². The molecule has 1 aliphatic rings. The largest absolute Gasteiger partial charge is 0.376 e. The standard InChI is InChI=1S/C29H26FN3O4S/c30-22-11-8-20(9-12-22)26(34)18-38-29-32-25-15-21(27(35)31-16-23-7-4-14-37-23)10-13-24(25)28(36)33(29)17-19-5-2-1-3-6-19/h1-3,5-6,8-13,15,23H,4,7,14,16-18H2,(H,31,35)/t23-/m0/s1. The van der Waals surface area contributed by atoms with Crippen molar-refractivity contribution in [1.82, 2.24) is 14.9 Å². The van der Waals surface area contributed by atoms with Crippen LogP contribution < -0.4 is 10.9 Å². The molecule has 1 saturated heterocycles. The van der Waals surface area contributed by atoms with E-state index >= 15 is 0 Å². The van der Waals surface area contributed by atoms with E-state index in [9.17, 15) is 18.8 Å². The first-order chi connectivity index (χ1) is 18.5. The van der Waals surface area contributed by atoms with Gasteiger partial charge in [-0.3, -0.25) is 19.0 Å². The first kappa shape index (κ1) is 25.8. The van der Waals surface area contributed by atoms with Crippen molar-refractivity contribution in [3.05, 3.63) is 106 Å². The number of Topliss-reactive ketones (excluding diaryl/α,β-unsaturated/α-hetero) is 1. The van der Waals surface area contributed by atoms with E-state index in [4.69, 9.17) is 9.72 Å². The van der Waals surface area contributed by atoms with Crippen LogP contribution in [-0.2, 0) is 11.3 Å². The fourth-order valence-corrected chi connectivity index (χ4v) is 5.21. The number of ketones is 1. The summed E-state index contributed by atoms with van der Waals surface area (Å²) in [4.78, 5) is 43.8. The van der Waals surface area contributed by atoms with E-state index in [1.807, 2.05) is 30.3 Å². The molecule has 2 heterocycles. The van der Waals surface area contributed by atoms with Crippen LogP contribution in [0.3, 0.4) is 0 Å². The van der Waals surface area contributed by atoms with Crippen LogP contribution in [0.25, 0.3) is 10.9 Å². The molecular formula is C29H26FN3O4S. The molecule has 9 heteroatoms. The van der Waals surface area contributed by atoms with Gasteiger partial charge in [-0.15, -0.1) is 0 Å². The summed E-state index contributed by atoms with van der Waals surface area (Å²) in [6.07, 6.45) is 1.92. The van der Waals surface area contributed by atoms with Gasteiger partial charge in [-0.2, -0.15) is 0 Å². The maximum absolute atomic E-state index is 13.6. The highest BCUT2D eigenvalue weighted by atomic mass is 32.2. The number of carbonyl (C=O) groups is 2. The zero-order chi connectivity index (χ0) is 26.5. The number of fused-ring (bicyclic) bond motifs is 1. The number of hydrogen-bond donors (Lipinski definition) is 1. The lowest BCUT2D eigenvalue weighted by molar-refractivity contribution is 0.0857. The van der Waals surface area contributed by atoms with Gasteiger partial charge in [-0.1, -0.05) is 42.1 Å². The second-order valence-electron chi connectivity index (χ2n) is 9.07. The molecule has 4 aromatic rings. The molecule has 7 nitrogen and oxygen atoms in total. The highest BCUT2D eigenvalue weighted by molar-refractivity contribution is 7.99. The van der Waals surface area contributed by atoms with Gasteiger partial charge in [0.2, 0.25) is 0 Å². The van der Waals surface area contributed by atoms with Crippen molar-refractivity contribution in [2.45, 2.75) is 30.6 Å². The van der Waals surface area contributed by atoms with Crippen LogP contribution in [0.1, 0.15) is 39.1 Å². The molecule has 38 heavy (non-hydrogen) atoms. The smallest absolute Gasteiger partial charge is 0.262 e. The van der Waals surface area contributed by atoms with Gasteiger partial charge in [0.1, 0.15) is 5.82 Å². The van der Waals surface area contributed by atoms with Crippen molar-refractivity contribution in [2.75, 3.05) is 18.9 Å². The molecule has 1 amide bonds. The van der Waals surface area contributed by atoms with E-state index < -0.39 is 5.82 Å². The van der Waals surface area contributed by atoms with Crippen LogP contribution in [-0.4, -0.2) is 46.2 Å². The molecule has 0 radical (unpaired) electrons. The fourth-order valence-electron chi connectivity index (χ4n) is 4.32. The molecule has 194 valence electrons. The monoisotopic (exact) mass is 531 g/mol. The Bertz CT molecular complexity index is 1520. The number of rotatable bonds is 9. The molecule has 0 spiro atoms. The third-order valence-electron chi connectivity index (χ3n) is 6.38. The van der Waals surface area contributed by atoms with E-state index in [2.05, 4.69) is 5.32 Å². The van der Waals surface area contributed by atoms with Crippen LogP contribution in [0.5, 0.6) is 0 Å². The number of halogens is 1. The third-order valence-corrected chi connectivity index (χ3v) is 7.36. The van der Waals surface area contributed by atoms with Crippen LogP contribution in [0, 0.1) is 5.82 Å². The molecule has 1 N–H and O–H groups in total. The van der Waals surface area contributed by atoms with Crippen molar-refractivity contribution in [3.63, 3.8) is 0 Å². The summed E-state index contributed by atoms with van der Waals surface area (Å²) in [7, 11) is 0. The second kappa shape index (κ2) is 11.7. The van der Waals surface area contributed by atoms with Crippen molar-refractivity contribution >= 4 is 34.4 Å². The van der Waals surface area contributed by atoms with Gasteiger partial charge in [-0.25, -0.2) is 9.37 Å². The van der Waals surface area contributed by atoms with E-state index in [0.29, 0.717) is 40.3 Å². The van der Waals surface area contributed by atoms with Gasteiger partial charge in [0.15, 0.2) is 10.9 Å². The number of carbonyl (C=O) groups excluding carboxylic acids is 2. The van der Waals surface area contributed by atoms with Gasteiger partial charge in [-0.05, 0) is 60.9 Å². The normalized spacial score (nSPS) is 15.0. The molecule has 0 aliphatic carbocycles. The predicted molar refractivity (Wildman–Crippen MR) is 144 cm³/mol. The second-order valence-corrected chi connectivity index (χ2v) is 10.0. The summed E-state index contributed by atoms with van der Waals surface area (Å²) in [6, 6.07) is 19.7. The van der Waals surface area contributed by atoms with Gasteiger partial charge in [0.05, 0.1) is 29.3 Å². The van der Waals surface area contributed by atoms with Crippen LogP contribution in [0.15, 0.2) is 82.7 Å². The maximum atomic E-state index is 13.6. The van der Waals surface area contributed by atoms with Gasteiger partial charge in [0, 0.05) is 24.3 Å². The molecule has 5 rings (SSSR count). The first-order valence-electron chi connectivity index (χ1n) is 12.4. The van der Waals surface area contributed by atoms with Crippen LogP contribution in [0.4, 0.5) is 4.39 Å². The number of hydrogen-bond acceptors (Lipinski definition) is 6. The minimum absolute atomic E-state index is 0.0138. The lowest BCUT2D eigenvalue weighted by Crippen LogP contribution is -2.31. The predicted octanol–water partition coefficient (Wildman–Crippen LogP) is 4.47. The minimum Gasteiger partial charge on any atom is -0.376 e. The van der Waals surface area contributed by atoms with Crippen molar-refractivity contribution in [3.8, 4) is 0 Å². The third kappa shape index (κ3) is 6.00. The van der Waals surface area contributed by atoms with Crippen molar-refractivity contribution < 1.29 is 18.7 Å². The Morgan fingerprint density at radius 2 is 1.82 bits per heavy atom. The van der Waals surface area contributed by atoms with E-state index in [1.54, 1.807) is 18.2 Å². The average molecular weight is 532 g/mol. The number of aromatic nitrogens is 2. The molecule has 0 saturated carbocycles. The molecular weight excluding hydrogens is 505 g/mol. The van der Waals surface area contributed by atoms with Gasteiger partial charge in [0.25, 0.3) is 11.5 Å². The van der Waals surface area contributed by atoms with E-state index in [0.717, 1.165) is 30.2 Å². The van der Waals surface area contributed by atoms with Gasteiger partial charge < -0.3 is 10.1 Å². The number of ether oxygens (including phenoxy) is 1. The lowest BCUT2D eigenvalue weighted by atomic mass is 10.1. The van der Waals surface area contributed by atoms with Crippen LogP contribution >= 0.6 is 11.8 Å². The summed E-state index contributed by atoms with van der Waals surface area (Å²) in [5, 5.41) is 3.63. The summed E-state index contributed by atoms with van der Waals surface area (Å²) in [6.45, 7) is 1.41. The average Bonchev–Trinajstić information content (AvgIpc) is 3.46. The first-order valence-corrected chi connectivity index (χ1v) is 13.4. The number of thioether (sulfide) groups is 1. The zero-order valence-corrected chi connectivity index (χ0v) is 21.4. The van der Waals surface area contributed by atoms with Crippen molar-refractivity contribution in [1.29, 1.82) is 0 Å². The summed E-state index contributed by atoms with van der Waals surface area (Å²) in [5.74, 6) is -0.881. The summed E-state index contributed by atoms with van der Waals surface area (Å²) >= 11 is 1.14. The summed E-state index contributed by atoms with van der Waals surface area (Å²) in [5.41, 5.74) is 1.79. The van der Waals surface area contributed by atoms with E-state index in [1.165, 1.54) is 28.8 Å². The maximum Gasteiger partial charge on any atom is 0.262 e. The highest BCUT2D eigenvalue weighted by Crippen LogP contribution is 2.22. The Labute approximate surface area is 223 Å². The molecule has 0 unspecified atom stereocenters. The Balaban J connectivity index is 1.44. The minimum atomic E-state index is -0.419. The van der Waals surface area contributed by atoms with Crippen molar-refractivity contribution in [2.24, 2.45) is 0 Å². The highest BCUT2D eigenvalue weighted by Gasteiger charge is 2.19. The quantitative estimate of drug-likeness (QED) is 0.195. The Kier molecular flexibility index (Phi) is 7.95. The fraction of sp³-hybridized carbons (Fsp3) is 0.241. The SMILES string of the molecule is O=C(CSc1nc2cc(C(=O)NC[C@@H]3CCCO3)ccc2c(=O)n1Cc1ccccc1)c1ccc(F)cc1.